The van der Waals surface area contributed by atoms with Gasteiger partial charge in [0.2, 0.25) is 4.80 Å². The third-order valence-electron chi connectivity index (χ3n) is 5.24. The summed E-state index contributed by atoms with van der Waals surface area (Å²) in [5.74, 6) is 0.478. The molecule has 4 rings (SSSR count). The average Bonchev–Trinajstić information content (AvgIpc) is 2.84. The van der Waals surface area contributed by atoms with Crippen molar-refractivity contribution in [2.75, 3.05) is 7.11 Å². The van der Waals surface area contributed by atoms with Crippen molar-refractivity contribution in [2.45, 2.75) is 19.8 Å². The van der Waals surface area contributed by atoms with E-state index in [9.17, 15) is 9.59 Å². The van der Waals surface area contributed by atoms with Gasteiger partial charge in [-0.25, -0.2) is 0 Å². The van der Waals surface area contributed by atoms with E-state index < -0.39 is 5.91 Å². The van der Waals surface area contributed by atoms with E-state index in [1.165, 1.54) is 15.9 Å². The lowest BCUT2D eigenvalue weighted by Crippen LogP contribution is -2.31. The molecule has 0 saturated heterocycles. The van der Waals surface area contributed by atoms with E-state index in [1.807, 2.05) is 54.6 Å². The Morgan fingerprint density at radius 3 is 2.39 bits per heavy atom. The third kappa shape index (κ3) is 4.86. The minimum atomic E-state index is -0.398. The fourth-order valence-electron chi connectivity index (χ4n) is 3.57. The molecule has 33 heavy (non-hydrogen) atoms. The summed E-state index contributed by atoms with van der Waals surface area (Å²) < 4.78 is 6.87. The zero-order valence-corrected chi connectivity index (χ0v) is 19.5. The fourth-order valence-corrected chi connectivity index (χ4v) is 4.58. The van der Waals surface area contributed by atoms with Gasteiger partial charge in [-0.05, 0) is 47.4 Å². The lowest BCUT2D eigenvalue weighted by molar-refractivity contribution is 0.0998. The number of carbonyl (C=O) groups is 1. The average molecular weight is 457 g/mol. The lowest BCUT2D eigenvalue weighted by atomic mass is 10.0. The van der Waals surface area contributed by atoms with E-state index in [4.69, 9.17) is 4.74 Å². The summed E-state index contributed by atoms with van der Waals surface area (Å²) in [6, 6.07) is 25.6. The van der Waals surface area contributed by atoms with Crippen LogP contribution >= 0.6 is 11.3 Å². The zero-order chi connectivity index (χ0) is 23.4. The van der Waals surface area contributed by atoms with Gasteiger partial charge in [-0.3, -0.25) is 14.2 Å². The molecule has 0 unspecified atom stereocenters. The smallest absolute Gasteiger partial charge is 0.279 e. The number of rotatable bonds is 5. The Morgan fingerprint density at radius 1 is 0.939 bits per heavy atom. The van der Waals surface area contributed by atoms with Gasteiger partial charge in [-0.15, -0.1) is 0 Å². The quantitative estimate of drug-likeness (QED) is 0.402. The van der Waals surface area contributed by atoms with Crippen molar-refractivity contribution in [2.24, 2.45) is 4.99 Å². The first-order valence-electron chi connectivity index (χ1n) is 10.6. The van der Waals surface area contributed by atoms with Crippen molar-refractivity contribution in [1.29, 1.82) is 0 Å². The van der Waals surface area contributed by atoms with Crippen LogP contribution < -0.4 is 15.1 Å². The predicted octanol–water partition coefficient (Wildman–Crippen LogP) is 5.44. The van der Waals surface area contributed by atoms with Crippen LogP contribution in [0.2, 0.25) is 0 Å². The van der Waals surface area contributed by atoms with E-state index in [1.54, 1.807) is 37.4 Å². The summed E-state index contributed by atoms with van der Waals surface area (Å²) in [5.41, 5.74) is 2.77. The van der Waals surface area contributed by atoms with Gasteiger partial charge in [0.05, 0.1) is 12.8 Å². The third-order valence-corrected chi connectivity index (χ3v) is 6.27. The molecule has 3 aromatic carbocycles. The van der Waals surface area contributed by atoms with E-state index >= 15 is 0 Å². The van der Waals surface area contributed by atoms with Crippen LogP contribution in [-0.2, 0) is 0 Å². The van der Waals surface area contributed by atoms with Gasteiger partial charge >= 0.3 is 0 Å². The maximum absolute atomic E-state index is 13.4. The van der Waals surface area contributed by atoms with Crippen molar-refractivity contribution in [3.05, 3.63) is 111 Å². The molecule has 0 radical (unpaired) electrons. The summed E-state index contributed by atoms with van der Waals surface area (Å²) >= 11 is 1.29. The lowest BCUT2D eigenvalue weighted by Gasteiger charge is -2.15. The molecule has 1 heterocycles. The SMILES string of the molecule is COc1cccc(-c2cc(=O)n(-c3ccccc3C(C)C)/c(=N/C(=O)c3ccccc3)s2)c1. The zero-order valence-electron chi connectivity index (χ0n) is 18.7. The molecule has 0 bridgehead atoms. The van der Waals surface area contributed by atoms with Gasteiger partial charge in [0, 0.05) is 16.5 Å². The Labute approximate surface area is 196 Å². The molecule has 0 aliphatic rings. The summed E-state index contributed by atoms with van der Waals surface area (Å²) in [4.78, 5) is 31.9. The number of benzene rings is 3. The minimum Gasteiger partial charge on any atom is -0.497 e. The Morgan fingerprint density at radius 2 is 1.67 bits per heavy atom. The van der Waals surface area contributed by atoms with Crippen LogP contribution in [0.25, 0.3) is 16.1 Å². The van der Waals surface area contributed by atoms with Gasteiger partial charge in [0.15, 0.2) is 0 Å². The molecule has 5 nitrogen and oxygen atoms in total. The van der Waals surface area contributed by atoms with Crippen LogP contribution in [0.4, 0.5) is 0 Å². The van der Waals surface area contributed by atoms with Gasteiger partial charge in [-0.1, -0.05) is 73.7 Å². The van der Waals surface area contributed by atoms with Crippen molar-refractivity contribution in [3.8, 4) is 21.9 Å². The highest BCUT2D eigenvalue weighted by molar-refractivity contribution is 7.12. The second-order valence-corrected chi connectivity index (χ2v) is 8.80. The number of ether oxygens (including phenoxy) is 1. The van der Waals surface area contributed by atoms with Gasteiger partial charge in [-0.2, -0.15) is 4.99 Å². The second-order valence-electron chi connectivity index (χ2n) is 7.80. The fraction of sp³-hybridized carbons (Fsp3) is 0.148. The maximum Gasteiger partial charge on any atom is 0.279 e. The van der Waals surface area contributed by atoms with Crippen LogP contribution in [-0.4, -0.2) is 17.6 Å². The number of amides is 1. The van der Waals surface area contributed by atoms with E-state index in [2.05, 4.69) is 18.8 Å². The van der Waals surface area contributed by atoms with Crippen LogP contribution in [0.5, 0.6) is 5.75 Å². The topological polar surface area (TPSA) is 60.7 Å². The number of hydrogen-bond donors (Lipinski definition) is 0. The molecule has 0 N–H and O–H groups in total. The molecular weight excluding hydrogens is 432 g/mol. The summed E-state index contributed by atoms with van der Waals surface area (Å²) in [6.45, 7) is 4.15. The molecule has 4 aromatic rings. The normalized spacial score (nSPS) is 11.6. The maximum atomic E-state index is 13.4. The number of hydrogen-bond acceptors (Lipinski definition) is 4. The first kappa shape index (κ1) is 22.4. The molecule has 0 saturated carbocycles. The molecule has 0 aliphatic carbocycles. The number of methoxy groups -OCH3 is 1. The monoisotopic (exact) mass is 456 g/mol. The molecule has 0 aliphatic heterocycles. The van der Waals surface area contributed by atoms with E-state index in [-0.39, 0.29) is 11.5 Å². The molecule has 6 heteroatoms. The van der Waals surface area contributed by atoms with Crippen LogP contribution in [0, 0.1) is 0 Å². The van der Waals surface area contributed by atoms with Gasteiger partial charge in [0.25, 0.3) is 11.5 Å². The molecule has 1 aromatic heterocycles. The first-order valence-corrected chi connectivity index (χ1v) is 11.4. The summed E-state index contributed by atoms with van der Waals surface area (Å²) in [7, 11) is 1.60. The molecule has 1 amide bonds. The van der Waals surface area contributed by atoms with Crippen molar-refractivity contribution in [1.82, 2.24) is 4.57 Å². The summed E-state index contributed by atoms with van der Waals surface area (Å²) in [6.07, 6.45) is 0. The van der Waals surface area contributed by atoms with Crippen LogP contribution in [0.3, 0.4) is 0 Å². The predicted molar refractivity (Wildman–Crippen MR) is 132 cm³/mol. The van der Waals surface area contributed by atoms with E-state index in [0.29, 0.717) is 21.0 Å². The second kappa shape index (κ2) is 9.79. The van der Waals surface area contributed by atoms with Crippen molar-refractivity contribution < 1.29 is 9.53 Å². The number of para-hydroxylation sites is 1. The Bertz CT molecular complexity index is 1420. The molecule has 0 fully saturated rings. The van der Waals surface area contributed by atoms with Crippen LogP contribution in [0.15, 0.2) is 94.7 Å². The molecular formula is C27H24N2O3S. The molecule has 166 valence electrons. The molecule has 0 spiro atoms. The Hall–Kier alpha value is -3.77. The largest absolute Gasteiger partial charge is 0.497 e. The van der Waals surface area contributed by atoms with Crippen molar-refractivity contribution >= 4 is 17.2 Å². The van der Waals surface area contributed by atoms with Gasteiger partial charge < -0.3 is 4.74 Å². The highest BCUT2D eigenvalue weighted by atomic mass is 32.1. The Balaban J connectivity index is 2.00. The minimum absolute atomic E-state index is 0.189. The number of nitrogens with zero attached hydrogens (tertiary/aromatic N) is 2. The Kier molecular flexibility index (Phi) is 6.66. The highest BCUT2D eigenvalue weighted by Gasteiger charge is 2.15. The first-order chi connectivity index (χ1) is 16.0. The van der Waals surface area contributed by atoms with Crippen LogP contribution in [0.1, 0.15) is 35.7 Å². The molecule has 0 atom stereocenters. The summed E-state index contributed by atoms with van der Waals surface area (Å²) in [5, 5.41) is 0. The number of carbonyl (C=O) groups excluding carboxylic acids is 1. The number of aromatic nitrogens is 1. The van der Waals surface area contributed by atoms with Gasteiger partial charge in [0.1, 0.15) is 5.75 Å². The van der Waals surface area contributed by atoms with Crippen molar-refractivity contribution in [3.63, 3.8) is 0 Å². The highest BCUT2D eigenvalue weighted by Crippen LogP contribution is 2.26. The standard InChI is InChI=1S/C27H24N2O3S/c1-18(2)22-14-7-8-15-23(22)29-25(30)17-24(20-12-9-13-21(16-20)32-3)33-27(29)28-26(31)19-10-5-4-6-11-19/h4-18H,1-3H3/b28-27-. The van der Waals surface area contributed by atoms with E-state index in [0.717, 1.165) is 16.8 Å².